The fourth-order valence-electron chi connectivity index (χ4n) is 1.63. The van der Waals surface area contributed by atoms with Gasteiger partial charge in [-0.15, -0.1) is 11.3 Å². The summed E-state index contributed by atoms with van der Waals surface area (Å²) in [5, 5.41) is 5.63. The molecule has 1 unspecified atom stereocenters. The molecule has 2 aromatic rings. The van der Waals surface area contributed by atoms with Crippen molar-refractivity contribution in [1.29, 1.82) is 0 Å². The third kappa shape index (κ3) is 3.41. The Morgan fingerprint density at radius 1 is 1.18 bits per heavy atom. The molecule has 0 aliphatic rings. The lowest BCUT2D eigenvalue weighted by Crippen LogP contribution is -2.18. The van der Waals surface area contributed by atoms with Crippen LogP contribution in [-0.4, -0.2) is 0 Å². The van der Waals surface area contributed by atoms with E-state index in [1.165, 1.54) is 14.9 Å². The maximum Gasteiger partial charge on any atom is 0.0327 e. The van der Waals surface area contributed by atoms with Gasteiger partial charge >= 0.3 is 0 Å². The summed E-state index contributed by atoms with van der Waals surface area (Å²) < 4.78 is 2.35. The number of hydrogen-bond acceptors (Lipinski definition) is 2. The first kappa shape index (κ1) is 13.3. The highest BCUT2D eigenvalue weighted by Gasteiger charge is 2.09. The van der Waals surface area contributed by atoms with Gasteiger partial charge in [-0.1, -0.05) is 34.1 Å². The first-order valence-corrected chi connectivity index (χ1v) is 7.84. The standard InChI is InChI=1S/C13H13Br2NS/c1-9(10-4-2-3-5-11(10)14)16-8-13-12(15)6-7-17-13/h2-7,9,16H,8H2,1H3. The fraction of sp³-hybridized carbons (Fsp3) is 0.231. The third-order valence-corrected chi connectivity index (χ3v) is 5.28. The van der Waals surface area contributed by atoms with Gasteiger partial charge in [-0.3, -0.25) is 0 Å². The molecular formula is C13H13Br2NS. The maximum absolute atomic E-state index is 3.58. The number of halogens is 2. The second-order valence-corrected chi connectivity index (χ2v) is 6.53. The third-order valence-electron chi connectivity index (χ3n) is 2.63. The van der Waals surface area contributed by atoms with Gasteiger partial charge in [0, 0.05) is 26.4 Å². The van der Waals surface area contributed by atoms with Gasteiger partial charge < -0.3 is 5.32 Å². The second-order valence-electron chi connectivity index (χ2n) is 3.82. The van der Waals surface area contributed by atoms with Crippen molar-refractivity contribution < 1.29 is 0 Å². The summed E-state index contributed by atoms with van der Waals surface area (Å²) >= 11 is 8.90. The van der Waals surface area contributed by atoms with Crippen LogP contribution in [0.2, 0.25) is 0 Å². The molecule has 4 heteroatoms. The van der Waals surface area contributed by atoms with Gasteiger partial charge in [-0.25, -0.2) is 0 Å². The molecule has 0 radical (unpaired) electrons. The number of thiophene rings is 1. The Morgan fingerprint density at radius 2 is 1.94 bits per heavy atom. The van der Waals surface area contributed by atoms with Gasteiger partial charge in [0.1, 0.15) is 0 Å². The molecule has 1 nitrogen and oxygen atoms in total. The van der Waals surface area contributed by atoms with Crippen LogP contribution in [0.3, 0.4) is 0 Å². The average Bonchev–Trinajstić information content (AvgIpc) is 2.72. The monoisotopic (exact) mass is 373 g/mol. The van der Waals surface area contributed by atoms with Gasteiger partial charge in [0.2, 0.25) is 0 Å². The average molecular weight is 375 g/mol. The van der Waals surface area contributed by atoms with Crippen LogP contribution in [0.4, 0.5) is 0 Å². The summed E-state index contributed by atoms with van der Waals surface area (Å²) in [6.45, 7) is 3.07. The van der Waals surface area contributed by atoms with Gasteiger partial charge in [0.15, 0.2) is 0 Å². The largest absolute Gasteiger partial charge is 0.305 e. The zero-order chi connectivity index (χ0) is 12.3. The Hall–Kier alpha value is -0.160. The molecule has 17 heavy (non-hydrogen) atoms. The summed E-state index contributed by atoms with van der Waals surface area (Å²) in [4.78, 5) is 1.34. The minimum atomic E-state index is 0.333. The van der Waals surface area contributed by atoms with Crippen molar-refractivity contribution in [2.24, 2.45) is 0 Å². The first-order chi connectivity index (χ1) is 8.18. The smallest absolute Gasteiger partial charge is 0.0327 e. The highest BCUT2D eigenvalue weighted by Crippen LogP contribution is 2.25. The molecule has 1 atom stereocenters. The Bertz CT molecular complexity index is 496. The van der Waals surface area contributed by atoms with Crippen LogP contribution in [0.15, 0.2) is 44.7 Å². The van der Waals surface area contributed by atoms with Crippen LogP contribution in [0, 0.1) is 0 Å². The van der Waals surface area contributed by atoms with E-state index < -0.39 is 0 Å². The van der Waals surface area contributed by atoms with Gasteiger partial charge in [-0.2, -0.15) is 0 Å². The van der Waals surface area contributed by atoms with E-state index in [0.717, 1.165) is 11.0 Å². The molecule has 0 bridgehead atoms. The van der Waals surface area contributed by atoms with Crippen LogP contribution in [-0.2, 0) is 6.54 Å². The number of hydrogen-bond donors (Lipinski definition) is 1. The highest BCUT2D eigenvalue weighted by atomic mass is 79.9. The molecule has 0 aliphatic carbocycles. The van der Waals surface area contributed by atoms with E-state index in [0.29, 0.717) is 6.04 Å². The molecule has 1 heterocycles. The molecule has 0 amide bonds. The Morgan fingerprint density at radius 3 is 2.59 bits per heavy atom. The lowest BCUT2D eigenvalue weighted by atomic mass is 10.1. The number of rotatable bonds is 4. The summed E-state index contributed by atoms with van der Waals surface area (Å²) in [5.41, 5.74) is 1.29. The van der Waals surface area contributed by atoms with Crippen molar-refractivity contribution in [3.05, 3.63) is 55.1 Å². The minimum absolute atomic E-state index is 0.333. The van der Waals surface area contributed by atoms with Crippen molar-refractivity contribution in [2.45, 2.75) is 19.5 Å². The molecule has 0 aliphatic heterocycles. The van der Waals surface area contributed by atoms with Crippen LogP contribution in [0.1, 0.15) is 23.4 Å². The van der Waals surface area contributed by atoms with Crippen molar-refractivity contribution >= 4 is 43.2 Å². The Labute approximate surface area is 123 Å². The molecule has 0 fully saturated rings. The molecular weight excluding hydrogens is 362 g/mol. The van der Waals surface area contributed by atoms with Crippen molar-refractivity contribution in [2.75, 3.05) is 0 Å². The summed E-state index contributed by atoms with van der Waals surface area (Å²) in [6.07, 6.45) is 0. The molecule has 0 saturated heterocycles. The minimum Gasteiger partial charge on any atom is -0.305 e. The molecule has 0 saturated carbocycles. The predicted octanol–water partition coefficient (Wildman–Crippen LogP) is 5.12. The second kappa shape index (κ2) is 6.14. The quantitative estimate of drug-likeness (QED) is 0.782. The van der Waals surface area contributed by atoms with Gasteiger partial charge in [0.25, 0.3) is 0 Å². The lowest BCUT2D eigenvalue weighted by Gasteiger charge is -2.15. The summed E-state index contributed by atoms with van der Waals surface area (Å²) in [6, 6.07) is 10.7. The molecule has 1 aromatic carbocycles. The van der Waals surface area contributed by atoms with Crippen molar-refractivity contribution in [3.8, 4) is 0 Å². The molecule has 1 aromatic heterocycles. The fourth-order valence-corrected chi connectivity index (χ4v) is 3.70. The van der Waals surface area contributed by atoms with E-state index in [2.05, 4.69) is 73.7 Å². The zero-order valence-electron chi connectivity index (χ0n) is 9.41. The zero-order valence-corrected chi connectivity index (χ0v) is 13.4. The molecule has 90 valence electrons. The van der Waals surface area contributed by atoms with Crippen LogP contribution in [0.25, 0.3) is 0 Å². The van der Waals surface area contributed by atoms with E-state index in [4.69, 9.17) is 0 Å². The SMILES string of the molecule is CC(NCc1sccc1Br)c1ccccc1Br. The van der Waals surface area contributed by atoms with E-state index in [1.807, 2.05) is 6.07 Å². The van der Waals surface area contributed by atoms with E-state index in [-0.39, 0.29) is 0 Å². The van der Waals surface area contributed by atoms with Crippen LogP contribution >= 0.6 is 43.2 Å². The normalized spacial score (nSPS) is 12.6. The lowest BCUT2D eigenvalue weighted by molar-refractivity contribution is 0.576. The molecule has 2 rings (SSSR count). The van der Waals surface area contributed by atoms with E-state index in [1.54, 1.807) is 11.3 Å². The van der Waals surface area contributed by atoms with E-state index >= 15 is 0 Å². The summed E-state index contributed by atoms with van der Waals surface area (Å²) in [5.74, 6) is 0. The van der Waals surface area contributed by atoms with Crippen molar-refractivity contribution in [1.82, 2.24) is 5.32 Å². The molecule has 0 spiro atoms. The maximum atomic E-state index is 3.58. The van der Waals surface area contributed by atoms with Gasteiger partial charge in [0.05, 0.1) is 0 Å². The van der Waals surface area contributed by atoms with Crippen LogP contribution in [0.5, 0.6) is 0 Å². The summed E-state index contributed by atoms with van der Waals surface area (Å²) in [7, 11) is 0. The number of benzene rings is 1. The van der Waals surface area contributed by atoms with Crippen LogP contribution < -0.4 is 5.32 Å². The molecule has 1 N–H and O–H groups in total. The Balaban J connectivity index is 2.01. The van der Waals surface area contributed by atoms with Gasteiger partial charge in [-0.05, 0) is 45.9 Å². The first-order valence-electron chi connectivity index (χ1n) is 5.38. The Kier molecular flexibility index (Phi) is 4.79. The van der Waals surface area contributed by atoms with E-state index in [9.17, 15) is 0 Å². The predicted molar refractivity (Wildman–Crippen MR) is 81.4 cm³/mol. The van der Waals surface area contributed by atoms with Crippen molar-refractivity contribution in [3.63, 3.8) is 0 Å². The topological polar surface area (TPSA) is 12.0 Å². The highest BCUT2D eigenvalue weighted by molar-refractivity contribution is 9.10. The number of nitrogens with one attached hydrogen (secondary N) is 1.